The number of anilines is 4. The van der Waals surface area contributed by atoms with E-state index in [1.54, 1.807) is 0 Å². The Bertz CT molecular complexity index is 1140. The van der Waals surface area contributed by atoms with Gasteiger partial charge in [-0.15, -0.1) is 0 Å². The molecule has 0 aliphatic heterocycles. The van der Waals surface area contributed by atoms with Gasteiger partial charge in [0.05, 0.1) is 35.4 Å². The third-order valence-corrected chi connectivity index (χ3v) is 4.42. The number of hydrogen-bond acceptors (Lipinski definition) is 9. The standard InChI is InChI=1S/C19H16ClN5O6/c1-30-14-8-15(31-2)13(7-12(14)20)24-18-16(25(28)29)17(21-9-22-18)23-11-5-3-10(4-6-11)19(26)27/h3-9H,1-2H3,(H,26,27)(H2,21,22,23,24). The van der Waals surface area contributed by atoms with Crippen molar-refractivity contribution in [2.45, 2.75) is 0 Å². The smallest absolute Gasteiger partial charge is 0.353 e. The molecule has 0 fully saturated rings. The van der Waals surface area contributed by atoms with E-state index in [-0.39, 0.29) is 22.2 Å². The van der Waals surface area contributed by atoms with Crippen molar-refractivity contribution in [1.29, 1.82) is 0 Å². The number of halogens is 1. The van der Waals surface area contributed by atoms with Crippen LogP contribution in [-0.2, 0) is 0 Å². The molecule has 0 radical (unpaired) electrons. The Hall–Kier alpha value is -4.12. The molecule has 1 aromatic heterocycles. The van der Waals surface area contributed by atoms with Crippen molar-refractivity contribution in [1.82, 2.24) is 9.97 Å². The molecular formula is C19H16ClN5O6. The number of benzene rings is 2. The largest absolute Gasteiger partial charge is 0.495 e. The van der Waals surface area contributed by atoms with Crippen LogP contribution >= 0.6 is 11.6 Å². The van der Waals surface area contributed by atoms with Gasteiger partial charge in [0.25, 0.3) is 0 Å². The zero-order valence-corrected chi connectivity index (χ0v) is 17.0. The minimum Gasteiger partial charge on any atom is -0.495 e. The first-order valence-corrected chi connectivity index (χ1v) is 9.00. The summed E-state index contributed by atoms with van der Waals surface area (Å²) in [7, 11) is 2.87. The second kappa shape index (κ2) is 9.13. The van der Waals surface area contributed by atoms with Crippen molar-refractivity contribution >= 4 is 46.3 Å². The van der Waals surface area contributed by atoms with Crippen LogP contribution in [-0.4, -0.2) is 40.2 Å². The Morgan fingerprint density at radius 3 is 2.23 bits per heavy atom. The molecule has 160 valence electrons. The molecule has 31 heavy (non-hydrogen) atoms. The van der Waals surface area contributed by atoms with Crippen molar-refractivity contribution in [3.05, 3.63) is 63.4 Å². The van der Waals surface area contributed by atoms with Gasteiger partial charge in [0, 0.05) is 11.8 Å². The van der Waals surface area contributed by atoms with E-state index in [1.807, 2.05) is 0 Å². The van der Waals surface area contributed by atoms with Gasteiger partial charge >= 0.3 is 11.7 Å². The second-order valence-electron chi connectivity index (χ2n) is 6.00. The molecule has 0 aliphatic rings. The fourth-order valence-electron chi connectivity index (χ4n) is 2.65. The third-order valence-electron chi connectivity index (χ3n) is 4.13. The molecule has 3 aromatic rings. The fraction of sp³-hybridized carbons (Fsp3) is 0.105. The summed E-state index contributed by atoms with van der Waals surface area (Å²) >= 11 is 6.16. The van der Waals surface area contributed by atoms with Crippen molar-refractivity contribution in [3.63, 3.8) is 0 Å². The second-order valence-corrected chi connectivity index (χ2v) is 6.40. The molecular weight excluding hydrogens is 430 g/mol. The summed E-state index contributed by atoms with van der Waals surface area (Å²) in [4.78, 5) is 30.0. The SMILES string of the molecule is COc1cc(OC)c(Nc2ncnc(Nc3ccc(C(=O)O)cc3)c2[N+](=O)[O-])cc1Cl. The number of nitro groups is 1. The molecule has 2 aromatic carbocycles. The molecule has 0 bridgehead atoms. The van der Waals surface area contributed by atoms with Gasteiger partial charge in [-0.3, -0.25) is 10.1 Å². The van der Waals surface area contributed by atoms with E-state index in [9.17, 15) is 14.9 Å². The van der Waals surface area contributed by atoms with E-state index in [0.29, 0.717) is 22.9 Å². The van der Waals surface area contributed by atoms with Crippen LogP contribution in [0.25, 0.3) is 0 Å². The van der Waals surface area contributed by atoms with Crippen molar-refractivity contribution in [3.8, 4) is 11.5 Å². The van der Waals surface area contributed by atoms with E-state index in [1.165, 1.54) is 50.6 Å². The van der Waals surface area contributed by atoms with Gasteiger partial charge in [-0.2, -0.15) is 0 Å². The Morgan fingerprint density at radius 1 is 1.06 bits per heavy atom. The summed E-state index contributed by atoms with van der Waals surface area (Å²) in [6.45, 7) is 0. The van der Waals surface area contributed by atoms with Gasteiger partial charge in [0.1, 0.15) is 17.8 Å². The monoisotopic (exact) mass is 445 g/mol. The van der Waals surface area contributed by atoms with E-state index in [0.717, 1.165) is 6.33 Å². The molecule has 0 atom stereocenters. The molecule has 12 heteroatoms. The normalized spacial score (nSPS) is 10.3. The maximum Gasteiger partial charge on any atom is 0.353 e. The van der Waals surface area contributed by atoms with Crippen LogP contribution in [0.2, 0.25) is 5.02 Å². The molecule has 0 spiro atoms. The molecule has 0 aliphatic carbocycles. The summed E-state index contributed by atoms with van der Waals surface area (Å²) in [5.41, 5.74) is 0.377. The number of nitrogens with zero attached hydrogens (tertiary/aromatic N) is 3. The van der Waals surface area contributed by atoms with Crippen molar-refractivity contribution in [2.24, 2.45) is 0 Å². The zero-order valence-electron chi connectivity index (χ0n) is 16.2. The number of carboxylic acid groups (broad SMARTS) is 1. The Labute approximate surface area is 180 Å². The van der Waals surface area contributed by atoms with Crippen LogP contribution in [0.3, 0.4) is 0 Å². The highest BCUT2D eigenvalue weighted by molar-refractivity contribution is 6.32. The minimum atomic E-state index is -1.09. The molecule has 0 unspecified atom stereocenters. The Kier molecular flexibility index (Phi) is 6.36. The minimum absolute atomic E-state index is 0.0774. The molecule has 1 heterocycles. The third kappa shape index (κ3) is 4.73. The quantitative estimate of drug-likeness (QED) is 0.339. The van der Waals surface area contributed by atoms with Gasteiger partial charge in [0.2, 0.25) is 11.6 Å². The van der Waals surface area contributed by atoms with Gasteiger partial charge in [-0.05, 0) is 30.3 Å². The number of methoxy groups -OCH3 is 2. The van der Waals surface area contributed by atoms with Crippen LogP contribution < -0.4 is 20.1 Å². The van der Waals surface area contributed by atoms with Crippen LogP contribution in [0.4, 0.5) is 28.7 Å². The van der Waals surface area contributed by atoms with Crippen molar-refractivity contribution in [2.75, 3.05) is 24.9 Å². The number of carboxylic acids is 1. The summed E-state index contributed by atoms with van der Waals surface area (Å²) in [5.74, 6) is -0.590. The van der Waals surface area contributed by atoms with Gasteiger partial charge in [0.15, 0.2) is 0 Å². The first kappa shape index (κ1) is 21.6. The van der Waals surface area contributed by atoms with Crippen LogP contribution in [0.1, 0.15) is 10.4 Å². The summed E-state index contributed by atoms with van der Waals surface area (Å²) in [6.07, 6.45) is 1.14. The van der Waals surface area contributed by atoms with E-state index >= 15 is 0 Å². The lowest BCUT2D eigenvalue weighted by atomic mass is 10.2. The molecule has 3 rings (SSSR count). The fourth-order valence-corrected chi connectivity index (χ4v) is 2.89. The van der Waals surface area contributed by atoms with Crippen LogP contribution in [0.15, 0.2) is 42.7 Å². The molecule has 0 saturated carbocycles. The molecule has 0 saturated heterocycles. The number of rotatable bonds is 8. The number of aromatic carboxylic acids is 1. The molecule has 0 amide bonds. The Morgan fingerprint density at radius 2 is 1.68 bits per heavy atom. The van der Waals surface area contributed by atoms with Gasteiger partial charge < -0.3 is 25.2 Å². The topological polar surface area (TPSA) is 149 Å². The summed E-state index contributed by atoms with van der Waals surface area (Å²) in [5, 5.41) is 26.7. The Balaban J connectivity index is 1.98. The van der Waals surface area contributed by atoms with E-state index in [2.05, 4.69) is 20.6 Å². The summed E-state index contributed by atoms with van der Waals surface area (Å²) in [6, 6.07) is 8.68. The number of ether oxygens (including phenoxy) is 2. The molecule has 3 N–H and O–H groups in total. The highest BCUT2D eigenvalue weighted by atomic mass is 35.5. The highest BCUT2D eigenvalue weighted by Crippen LogP contribution is 2.39. The average Bonchev–Trinajstić information content (AvgIpc) is 2.74. The molecule has 11 nitrogen and oxygen atoms in total. The lowest BCUT2D eigenvalue weighted by Gasteiger charge is -2.14. The zero-order chi connectivity index (χ0) is 22.5. The lowest BCUT2D eigenvalue weighted by Crippen LogP contribution is -2.06. The number of carbonyl (C=O) groups is 1. The van der Waals surface area contributed by atoms with Crippen LogP contribution in [0, 0.1) is 10.1 Å². The number of hydrogen-bond donors (Lipinski definition) is 3. The van der Waals surface area contributed by atoms with E-state index in [4.69, 9.17) is 26.2 Å². The van der Waals surface area contributed by atoms with Gasteiger partial charge in [-0.25, -0.2) is 14.8 Å². The van der Waals surface area contributed by atoms with E-state index < -0.39 is 16.6 Å². The van der Waals surface area contributed by atoms with Gasteiger partial charge in [-0.1, -0.05) is 11.6 Å². The number of aromatic nitrogens is 2. The summed E-state index contributed by atoms with van der Waals surface area (Å²) < 4.78 is 10.4. The number of nitrogens with one attached hydrogen (secondary N) is 2. The predicted octanol–water partition coefficient (Wildman–Crippen LogP) is 4.24. The first-order chi connectivity index (χ1) is 14.8. The van der Waals surface area contributed by atoms with Crippen LogP contribution in [0.5, 0.6) is 11.5 Å². The maximum atomic E-state index is 11.8. The lowest BCUT2D eigenvalue weighted by molar-refractivity contribution is -0.383. The predicted molar refractivity (Wildman–Crippen MR) is 113 cm³/mol. The highest BCUT2D eigenvalue weighted by Gasteiger charge is 2.24. The first-order valence-electron chi connectivity index (χ1n) is 8.62. The average molecular weight is 446 g/mol. The maximum absolute atomic E-state index is 11.8. The van der Waals surface area contributed by atoms with Crippen molar-refractivity contribution < 1.29 is 24.3 Å².